The van der Waals surface area contributed by atoms with Crippen molar-refractivity contribution in [2.45, 2.75) is 380 Å². The molecule has 9 nitrogen and oxygen atoms in total. The molecule has 0 rings (SSSR count). The molecule has 0 heterocycles. The zero-order chi connectivity index (χ0) is 65.5. The van der Waals surface area contributed by atoms with Gasteiger partial charge < -0.3 is 18.9 Å². The Labute approximate surface area is 559 Å². The molecule has 2 unspecified atom stereocenters. The van der Waals surface area contributed by atoms with Crippen molar-refractivity contribution in [2.75, 3.05) is 47.5 Å². The summed E-state index contributed by atoms with van der Waals surface area (Å²) in [7, 11) is 1.49. The standard InChI is InChI=1S/C80H148NO8P/c1-6-8-10-12-14-16-18-20-22-24-26-28-30-32-34-36-38-40-42-44-46-48-50-52-54-56-58-60-62-64-66-68-70-72-79(82)86-76-78(77-88-90(84,85)87-75-74-81(3,4)5)89-80(83)73-71-69-67-65-63-61-59-57-55-53-51-49-47-45-43-41-39-37-35-33-31-29-27-25-23-21-19-17-15-13-11-9-7-2/h18-21,24-27,30-33,78H,6-17,22-23,28-29,34-77H2,1-5H3/p+1/b20-18-,21-19-,26-24-,27-25-,32-30-,33-31-. The van der Waals surface area contributed by atoms with Crippen molar-refractivity contribution in [1.82, 2.24) is 0 Å². The van der Waals surface area contributed by atoms with Crippen LogP contribution in [0.15, 0.2) is 72.9 Å². The van der Waals surface area contributed by atoms with Crippen molar-refractivity contribution in [3.8, 4) is 0 Å². The summed E-state index contributed by atoms with van der Waals surface area (Å²) in [5.74, 6) is -0.780. The maximum absolute atomic E-state index is 12.9. The van der Waals surface area contributed by atoms with E-state index in [1.807, 2.05) is 21.1 Å². The van der Waals surface area contributed by atoms with Gasteiger partial charge in [0.1, 0.15) is 19.8 Å². The number of carbonyl (C=O) groups is 2. The van der Waals surface area contributed by atoms with Crippen molar-refractivity contribution in [3.63, 3.8) is 0 Å². The first-order chi connectivity index (χ1) is 44.0. The molecule has 10 heteroatoms. The lowest BCUT2D eigenvalue weighted by molar-refractivity contribution is -0.870. The highest BCUT2D eigenvalue weighted by Gasteiger charge is 2.27. The summed E-state index contributed by atoms with van der Waals surface area (Å²) >= 11 is 0. The van der Waals surface area contributed by atoms with Crippen molar-refractivity contribution in [3.05, 3.63) is 72.9 Å². The van der Waals surface area contributed by atoms with E-state index in [2.05, 4.69) is 86.8 Å². The second-order valence-corrected chi connectivity index (χ2v) is 28.8. The van der Waals surface area contributed by atoms with E-state index in [0.717, 1.165) is 57.8 Å². The molecule has 526 valence electrons. The van der Waals surface area contributed by atoms with Crippen LogP contribution >= 0.6 is 7.82 Å². The predicted octanol–water partition coefficient (Wildman–Crippen LogP) is 25.5. The van der Waals surface area contributed by atoms with E-state index in [4.69, 9.17) is 18.5 Å². The molecule has 0 aliphatic heterocycles. The third-order valence-electron chi connectivity index (χ3n) is 17.2. The Morgan fingerprint density at radius 3 is 0.889 bits per heavy atom. The lowest BCUT2D eigenvalue weighted by Crippen LogP contribution is -2.37. The van der Waals surface area contributed by atoms with Crippen molar-refractivity contribution < 1.29 is 42.1 Å². The normalized spacial score (nSPS) is 13.4. The highest BCUT2D eigenvalue weighted by molar-refractivity contribution is 7.47. The first-order valence-electron chi connectivity index (χ1n) is 38.7. The third-order valence-corrected chi connectivity index (χ3v) is 18.2. The van der Waals surface area contributed by atoms with Gasteiger partial charge in [0, 0.05) is 12.8 Å². The molecule has 2 atom stereocenters. The van der Waals surface area contributed by atoms with Gasteiger partial charge in [-0.1, -0.05) is 344 Å². The molecule has 0 fully saturated rings. The molecule has 0 aromatic rings. The molecule has 90 heavy (non-hydrogen) atoms. The number of phosphoric ester groups is 1. The summed E-state index contributed by atoms with van der Waals surface area (Å²) in [5.41, 5.74) is 0. The zero-order valence-electron chi connectivity index (χ0n) is 60.1. The van der Waals surface area contributed by atoms with Crippen LogP contribution in [0.2, 0.25) is 0 Å². The second kappa shape index (κ2) is 70.8. The topological polar surface area (TPSA) is 108 Å². The minimum Gasteiger partial charge on any atom is -0.462 e. The van der Waals surface area contributed by atoms with Gasteiger partial charge >= 0.3 is 19.8 Å². The van der Waals surface area contributed by atoms with E-state index in [1.165, 1.54) is 283 Å². The van der Waals surface area contributed by atoms with Crippen LogP contribution in [0, 0.1) is 0 Å². The smallest absolute Gasteiger partial charge is 0.462 e. The number of unbranched alkanes of at least 4 members (excludes halogenated alkanes) is 46. The molecule has 0 saturated carbocycles. The van der Waals surface area contributed by atoms with E-state index in [9.17, 15) is 19.0 Å². The maximum atomic E-state index is 12.9. The molecule has 0 amide bonds. The SMILES string of the molecule is CCCCCCC/C=C\C/C=C\C/C=C\CCCCCCCCCCCCCCCCCCCCC(=O)OCC(COP(=O)(O)OCC[N+](C)(C)C)OC(=O)CCCCCCCCCCCCCCCCCCCC/C=C\C/C=C\C/C=C\CCCCCCC. The highest BCUT2D eigenvalue weighted by atomic mass is 31.2. The van der Waals surface area contributed by atoms with Gasteiger partial charge in [-0.15, -0.1) is 0 Å². The van der Waals surface area contributed by atoms with Crippen LogP contribution in [0.5, 0.6) is 0 Å². The molecular weight excluding hydrogens is 1130 g/mol. The molecule has 0 bridgehead atoms. The molecule has 0 aliphatic rings. The predicted molar refractivity (Wildman–Crippen MR) is 390 cm³/mol. The number of ether oxygens (including phenoxy) is 2. The van der Waals surface area contributed by atoms with E-state index < -0.39 is 26.5 Å². The number of esters is 2. The second-order valence-electron chi connectivity index (χ2n) is 27.4. The van der Waals surface area contributed by atoms with Crippen molar-refractivity contribution in [1.29, 1.82) is 0 Å². The van der Waals surface area contributed by atoms with Crippen LogP contribution in [0.3, 0.4) is 0 Å². The number of hydrogen-bond acceptors (Lipinski definition) is 7. The summed E-state index contributed by atoms with van der Waals surface area (Å²) in [5, 5.41) is 0. The number of carbonyl (C=O) groups excluding carboxylic acids is 2. The molecule has 0 aromatic heterocycles. The zero-order valence-corrected chi connectivity index (χ0v) is 61.0. The third kappa shape index (κ3) is 74.5. The first-order valence-corrected chi connectivity index (χ1v) is 40.2. The number of rotatable bonds is 72. The summed E-state index contributed by atoms with van der Waals surface area (Å²) in [6.07, 6.45) is 96.0. The summed E-state index contributed by atoms with van der Waals surface area (Å²) in [4.78, 5) is 36.0. The maximum Gasteiger partial charge on any atom is 0.472 e. The molecule has 0 aliphatic carbocycles. The molecule has 1 N–H and O–H groups in total. The number of hydrogen-bond donors (Lipinski definition) is 1. The van der Waals surface area contributed by atoms with Crippen LogP contribution in [0.25, 0.3) is 0 Å². The van der Waals surface area contributed by atoms with Gasteiger partial charge in [-0.05, 0) is 89.9 Å². The molecule has 0 saturated heterocycles. The fraction of sp³-hybridized carbons (Fsp3) is 0.825. The van der Waals surface area contributed by atoms with Gasteiger partial charge in [-0.2, -0.15) is 0 Å². The number of nitrogens with zero attached hydrogens (tertiary/aromatic N) is 1. The Kier molecular flexibility index (Phi) is 68.8. The van der Waals surface area contributed by atoms with E-state index >= 15 is 0 Å². The monoisotopic (exact) mass is 1280 g/mol. The van der Waals surface area contributed by atoms with Gasteiger partial charge in [0.2, 0.25) is 0 Å². The van der Waals surface area contributed by atoms with Crippen LogP contribution in [0.1, 0.15) is 373 Å². The lowest BCUT2D eigenvalue weighted by Gasteiger charge is -2.24. The van der Waals surface area contributed by atoms with Gasteiger partial charge in [-0.25, -0.2) is 4.57 Å². The Hall–Kier alpha value is -2.55. The van der Waals surface area contributed by atoms with Gasteiger partial charge in [0.25, 0.3) is 0 Å². The summed E-state index contributed by atoms with van der Waals surface area (Å²) < 4.78 is 34.8. The van der Waals surface area contributed by atoms with E-state index in [-0.39, 0.29) is 25.6 Å². The van der Waals surface area contributed by atoms with E-state index in [1.54, 1.807) is 0 Å². The van der Waals surface area contributed by atoms with Crippen LogP contribution in [-0.2, 0) is 32.7 Å². The Morgan fingerprint density at radius 1 is 0.344 bits per heavy atom. The minimum absolute atomic E-state index is 0.0323. The molecular formula is C80H149NO8P+. The van der Waals surface area contributed by atoms with Gasteiger partial charge in [0.15, 0.2) is 6.10 Å². The molecule has 0 radical (unpaired) electrons. The molecule has 0 aromatic carbocycles. The fourth-order valence-corrected chi connectivity index (χ4v) is 12.0. The van der Waals surface area contributed by atoms with Crippen LogP contribution in [-0.4, -0.2) is 74.9 Å². The Morgan fingerprint density at radius 2 is 0.600 bits per heavy atom. The van der Waals surface area contributed by atoms with E-state index in [0.29, 0.717) is 23.9 Å². The summed E-state index contributed by atoms with van der Waals surface area (Å²) in [6.45, 7) is 4.47. The highest BCUT2D eigenvalue weighted by Crippen LogP contribution is 2.43. The average molecular weight is 1280 g/mol. The number of phosphoric acid groups is 1. The minimum atomic E-state index is -4.39. The number of likely N-dealkylation sites (N-methyl/N-ethyl adjacent to an activating group) is 1. The van der Waals surface area contributed by atoms with Crippen molar-refractivity contribution >= 4 is 19.8 Å². The Bertz CT molecular complexity index is 1750. The van der Waals surface area contributed by atoms with Crippen LogP contribution in [0.4, 0.5) is 0 Å². The largest absolute Gasteiger partial charge is 0.472 e. The van der Waals surface area contributed by atoms with Crippen LogP contribution < -0.4 is 0 Å². The van der Waals surface area contributed by atoms with Gasteiger partial charge in [-0.3, -0.25) is 18.6 Å². The summed E-state index contributed by atoms with van der Waals surface area (Å²) in [6, 6.07) is 0. The van der Waals surface area contributed by atoms with Crippen molar-refractivity contribution in [2.24, 2.45) is 0 Å². The first kappa shape index (κ1) is 87.5. The lowest BCUT2D eigenvalue weighted by atomic mass is 10.0. The fourth-order valence-electron chi connectivity index (χ4n) is 11.3. The van der Waals surface area contributed by atoms with Gasteiger partial charge in [0.05, 0.1) is 27.7 Å². The average Bonchev–Trinajstić information content (AvgIpc) is 3.56. The molecule has 0 spiro atoms. The Balaban J connectivity index is 3.97. The quantitative estimate of drug-likeness (QED) is 0.0211. The number of quaternary nitrogens is 1. The number of allylic oxidation sites excluding steroid dienone is 12.